The number of nitrogens with zero attached hydrogens (tertiary/aromatic N) is 1. The van der Waals surface area contributed by atoms with Crippen molar-refractivity contribution in [2.45, 2.75) is 51.2 Å². The first kappa shape index (κ1) is 15.8. The number of hydrogen-bond acceptors (Lipinski definition) is 3. The highest BCUT2D eigenvalue weighted by atomic mass is 16.4. The SMILES string of the molecule is O=C(O)c1ccc(CN(Cc2ccccc2)C2CCCCC2)o1. The molecule has 122 valence electrons. The molecule has 1 aliphatic rings. The van der Waals surface area contributed by atoms with Gasteiger partial charge in [-0.3, -0.25) is 4.90 Å². The monoisotopic (exact) mass is 313 g/mol. The second-order valence-electron chi connectivity index (χ2n) is 6.25. The fraction of sp³-hybridized carbons (Fsp3) is 0.421. The summed E-state index contributed by atoms with van der Waals surface area (Å²) in [6.07, 6.45) is 6.28. The summed E-state index contributed by atoms with van der Waals surface area (Å²) in [5.41, 5.74) is 1.28. The molecular formula is C19H23NO3. The van der Waals surface area contributed by atoms with Crippen LogP contribution in [0, 0.1) is 0 Å². The molecule has 0 atom stereocenters. The molecule has 0 amide bonds. The van der Waals surface area contributed by atoms with E-state index in [4.69, 9.17) is 9.52 Å². The zero-order valence-corrected chi connectivity index (χ0v) is 13.3. The maximum absolute atomic E-state index is 11.0. The number of carbonyl (C=O) groups is 1. The summed E-state index contributed by atoms with van der Waals surface area (Å²) in [4.78, 5) is 13.4. The van der Waals surface area contributed by atoms with Crippen LogP contribution in [0.1, 0.15) is 54.0 Å². The highest BCUT2D eigenvalue weighted by Gasteiger charge is 2.23. The number of carboxylic acids is 1. The number of benzene rings is 1. The summed E-state index contributed by atoms with van der Waals surface area (Å²) >= 11 is 0. The van der Waals surface area contributed by atoms with Gasteiger partial charge < -0.3 is 9.52 Å². The first-order chi connectivity index (χ1) is 11.2. The van der Waals surface area contributed by atoms with Crippen LogP contribution in [-0.2, 0) is 13.1 Å². The Hall–Kier alpha value is -2.07. The Morgan fingerprint density at radius 2 is 1.78 bits per heavy atom. The van der Waals surface area contributed by atoms with E-state index in [1.54, 1.807) is 12.1 Å². The fourth-order valence-electron chi connectivity index (χ4n) is 3.36. The summed E-state index contributed by atoms with van der Waals surface area (Å²) < 4.78 is 5.46. The lowest BCUT2D eigenvalue weighted by atomic mass is 9.93. The quantitative estimate of drug-likeness (QED) is 0.863. The van der Waals surface area contributed by atoms with Gasteiger partial charge in [-0.1, -0.05) is 49.6 Å². The number of carboxylic acid groups (broad SMARTS) is 1. The molecule has 1 aromatic heterocycles. The minimum atomic E-state index is -1.01. The van der Waals surface area contributed by atoms with E-state index in [0.717, 1.165) is 12.3 Å². The zero-order valence-electron chi connectivity index (χ0n) is 13.3. The predicted molar refractivity (Wildman–Crippen MR) is 88.2 cm³/mol. The van der Waals surface area contributed by atoms with Crippen LogP contribution in [0.3, 0.4) is 0 Å². The minimum Gasteiger partial charge on any atom is -0.475 e. The molecule has 0 bridgehead atoms. The third-order valence-electron chi connectivity index (χ3n) is 4.55. The van der Waals surface area contributed by atoms with Crippen molar-refractivity contribution in [2.24, 2.45) is 0 Å². The molecule has 0 saturated heterocycles. The van der Waals surface area contributed by atoms with Crippen LogP contribution in [0.2, 0.25) is 0 Å². The standard InChI is InChI=1S/C19H23NO3/c21-19(22)18-12-11-17(23-18)14-20(16-9-5-2-6-10-16)13-15-7-3-1-4-8-15/h1,3-4,7-8,11-12,16H,2,5-6,9-10,13-14H2,(H,21,22). The molecule has 0 unspecified atom stereocenters. The number of hydrogen-bond donors (Lipinski definition) is 1. The summed E-state index contributed by atoms with van der Waals surface area (Å²) in [7, 11) is 0. The van der Waals surface area contributed by atoms with Gasteiger partial charge in [0.05, 0.1) is 6.54 Å². The van der Waals surface area contributed by atoms with Gasteiger partial charge in [0.1, 0.15) is 5.76 Å². The molecule has 1 heterocycles. The Morgan fingerprint density at radius 1 is 1.04 bits per heavy atom. The van der Waals surface area contributed by atoms with E-state index >= 15 is 0 Å². The van der Waals surface area contributed by atoms with Crippen molar-refractivity contribution >= 4 is 5.97 Å². The van der Waals surface area contributed by atoms with Crippen LogP contribution < -0.4 is 0 Å². The summed E-state index contributed by atoms with van der Waals surface area (Å²) in [6, 6.07) is 14.3. The first-order valence-corrected chi connectivity index (χ1v) is 8.32. The largest absolute Gasteiger partial charge is 0.475 e. The fourth-order valence-corrected chi connectivity index (χ4v) is 3.36. The van der Waals surface area contributed by atoms with Gasteiger partial charge in [0.15, 0.2) is 0 Å². The van der Waals surface area contributed by atoms with Crippen molar-refractivity contribution in [3.8, 4) is 0 Å². The Kier molecular flexibility index (Phi) is 5.13. The lowest BCUT2D eigenvalue weighted by Gasteiger charge is -2.33. The Bertz CT molecular complexity index is 629. The number of aromatic carboxylic acids is 1. The third-order valence-corrected chi connectivity index (χ3v) is 4.55. The van der Waals surface area contributed by atoms with E-state index in [1.165, 1.54) is 37.7 Å². The summed E-state index contributed by atoms with van der Waals surface area (Å²) in [5.74, 6) is -0.268. The van der Waals surface area contributed by atoms with Gasteiger partial charge in [0, 0.05) is 12.6 Å². The number of furan rings is 1. The van der Waals surface area contributed by atoms with Gasteiger partial charge in [-0.25, -0.2) is 4.79 Å². The molecule has 4 nitrogen and oxygen atoms in total. The van der Waals surface area contributed by atoms with Crippen molar-refractivity contribution in [3.05, 3.63) is 59.5 Å². The Labute approximate surface area is 136 Å². The van der Waals surface area contributed by atoms with Crippen LogP contribution in [0.25, 0.3) is 0 Å². The highest BCUT2D eigenvalue weighted by Crippen LogP contribution is 2.26. The Balaban J connectivity index is 1.74. The second kappa shape index (κ2) is 7.47. The van der Waals surface area contributed by atoms with Gasteiger partial charge in [-0.2, -0.15) is 0 Å². The third kappa shape index (κ3) is 4.23. The molecule has 23 heavy (non-hydrogen) atoms. The summed E-state index contributed by atoms with van der Waals surface area (Å²) in [5, 5.41) is 9.01. The second-order valence-corrected chi connectivity index (χ2v) is 6.25. The molecule has 4 heteroatoms. The van der Waals surface area contributed by atoms with Crippen molar-refractivity contribution in [2.75, 3.05) is 0 Å². The van der Waals surface area contributed by atoms with Gasteiger partial charge in [0.25, 0.3) is 0 Å². The molecule has 0 spiro atoms. The molecule has 3 rings (SSSR count). The van der Waals surface area contributed by atoms with Crippen LogP contribution in [0.5, 0.6) is 0 Å². The molecule has 1 N–H and O–H groups in total. The molecule has 1 aromatic carbocycles. The highest BCUT2D eigenvalue weighted by molar-refractivity contribution is 5.84. The van der Waals surface area contributed by atoms with E-state index in [0.29, 0.717) is 12.6 Å². The molecule has 0 radical (unpaired) electrons. The topological polar surface area (TPSA) is 53.7 Å². The molecule has 1 saturated carbocycles. The normalized spacial score (nSPS) is 15.9. The predicted octanol–water partition coefficient (Wildman–Crippen LogP) is 4.31. The maximum atomic E-state index is 11.0. The maximum Gasteiger partial charge on any atom is 0.371 e. The van der Waals surface area contributed by atoms with Gasteiger partial charge in [-0.05, 0) is 30.5 Å². The molecule has 1 aliphatic carbocycles. The Morgan fingerprint density at radius 3 is 2.43 bits per heavy atom. The first-order valence-electron chi connectivity index (χ1n) is 8.32. The van der Waals surface area contributed by atoms with Gasteiger partial charge in [-0.15, -0.1) is 0 Å². The van der Waals surface area contributed by atoms with Crippen LogP contribution >= 0.6 is 0 Å². The minimum absolute atomic E-state index is 0.0169. The van der Waals surface area contributed by atoms with Crippen molar-refractivity contribution < 1.29 is 14.3 Å². The van der Waals surface area contributed by atoms with E-state index in [9.17, 15) is 4.79 Å². The molecule has 0 aliphatic heterocycles. The van der Waals surface area contributed by atoms with Crippen LogP contribution in [-0.4, -0.2) is 22.0 Å². The lowest BCUT2D eigenvalue weighted by molar-refractivity contribution is 0.0655. The average Bonchev–Trinajstić information content (AvgIpc) is 3.05. The summed E-state index contributed by atoms with van der Waals surface area (Å²) in [6.45, 7) is 1.53. The van der Waals surface area contributed by atoms with Crippen LogP contribution in [0.4, 0.5) is 0 Å². The van der Waals surface area contributed by atoms with Crippen molar-refractivity contribution in [3.63, 3.8) is 0 Å². The molecule has 1 fully saturated rings. The van der Waals surface area contributed by atoms with Crippen molar-refractivity contribution in [1.29, 1.82) is 0 Å². The average molecular weight is 313 g/mol. The van der Waals surface area contributed by atoms with E-state index in [-0.39, 0.29) is 5.76 Å². The van der Waals surface area contributed by atoms with Gasteiger partial charge in [0.2, 0.25) is 5.76 Å². The van der Waals surface area contributed by atoms with Gasteiger partial charge >= 0.3 is 5.97 Å². The number of rotatable bonds is 6. The smallest absolute Gasteiger partial charge is 0.371 e. The zero-order chi connectivity index (χ0) is 16.1. The van der Waals surface area contributed by atoms with Crippen molar-refractivity contribution in [1.82, 2.24) is 4.90 Å². The lowest BCUT2D eigenvalue weighted by Crippen LogP contribution is -2.35. The molecule has 2 aromatic rings. The van der Waals surface area contributed by atoms with E-state index < -0.39 is 5.97 Å². The van der Waals surface area contributed by atoms with E-state index in [1.807, 2.05) is 6.07 Å². The van der Waals surface area contributed by atoms with E-state index in [2.05, 4.69) is 29.2 Å². The molecular weight excluding hydrogens is 290 g/mol. The van der Waals surface area contributed by atoms with Crippen LogP contribution in [0.15, 0.2) is 46.9 Å².